The van der Waals surface area contributed by atoms with Gasteiger partial charge in [0.05, 0.1) is 23.1 Å². The third kappa shape index (κ3) is 2.58. The predicted octanol–water partition coefficient (Wildman–Crippen LogP) is 4.18. The number of carbonyl (C=O) groups excluding carboxylic acids is 2. The number of carbonyl (C=O) groups is 2. The lowest BCUT2D eigenvalue weighted by Gasteiger charge is -2.63. The molecule has 5 nitrogen and oxygen atoms in total. The number of Topliss-reactive ketones (excluding diaryl/α,β-unsaturated/α-hetero) is 1. The first-order valence-electron chi connectivity index (χ1n) is 11.3. The van der Waals surface area contributed by atoms with Crippen LogP contribution in [0.3, 0.4) is 0 Å². The van der Waals surface area contributed by atoms with Crippen LogP contribution in [0.1, 0.15) is 47.0 Å². The van der Waals surface area contributed by atoms with Crippen molar-refractivity contribution in [1.82, 2.24) is 0 Å². The van der Waals surface area contributed by atoms with Crippen LogP contribution < -0.4 is 0 Å². The number of fused-ring (bicyclic) bond motifs is 7. The third-order valence-electron chi connectivity index (χ3n) is 9.23. The number of hydrogen-bond acceptors (Lipinski definition) is 5. The lowest BCUT2D eigenvalue weighted by Crippen LogP contribution is -2.71. The number of allylic oxidation sites excluding steroid dienone is 4. The second-order valence-corrected chi connectivity index (χ2v) is 11.7. The van der Waals surface area contributed by atoms with E-state index in [-0.39, 0.29) is 41.5 Å². The molecule has 0 unspecified atom stereocenters. The van der Waals surface area contributed by atoms with E-state index in [0.29, 0.717) is 0 Å². The number of halogens is 4. The molecular formula is C24H28Cl2F2O5. The first-order valence-corrected chi connectivity index (χ1v) is 12.2. The Bertz CT molecular complexity index is 1010. The fraction of sp³-hybridized carbons (Fsp3) is 0.750. The van der Waals surface area contributed by atoms with Gasteiger partial charge in [-0.3, -0.25) is 9.59 Å². The molecule has 0 amide bonds. The van der Waals surface area contributed by atoms with E-state index in [4.69, 9.17) is 32.7 Å². The molecular weight excluding hydrogens is 477 g/mol. The number of hydrogen-bond donors (Lipinski definition) is 1. The van der Waals surface area contributed by atoms with Gasteiger partial charge in [-0.2, -0.15) is 0 Å². The Kier molecular flexibility index (Phi) is 4.97. The zero-order valence-corrected chi connectivity index (χ0v) is 20.5. The van der Waals surface area contributed by atoms with Crippen LogP contribution in [0.5, 0.6) is 0 Å². The molecule has 0 aromatic carbocycles. The standard InChI is InChI=1S/C24H28Cl2F2O5/c1-20(2)32-17-8-11-12-7-13(27)18-19(26)14(29)5-6-21(18,3)23(12,28)15(30)9-22(11,4)24(17,33-20)16(31)10-25/h5-6,11-13,15,17,30H,7-10H2,1-4H3/t11-,12-,13-,15-,17+,21-,22-,23-,24+/m0/s1. The molecule has 4 fully saturated rings. The van der Waals surface area contributed by atoms with E-state index in [2.05, 4.69) is 0 Å². The van der Waals surface area contributed by atoms with E-state index >= 15 is 8.78 Å². The Labute approximate surface area is 201 Å². The summed E-state index contributed by atoms with van der Waals surface area (Å²) in [6.07, 6.45) is -1.54. The van der Waals surface area contributed by atoms with Crippen molar-refractivity contribution < 1.29 is 33.0 Å². The first kappa shape index (κ1) is 23.9. The SMILES string of the molecule is CC1(C)O[C@@H]2C[C@H]3[C@@H]4C[C@H](F)C5=C(Cl)C(=O)C=C[C@]5(C)[C@@]4(F)[C@@H](O)C[C@]3(C)[C@]2(C(=O)CCl)O1. The van der Waals surface area contributed by atoms with Crippen molar-refractivity contribution in [2.45, 2.75) is 82.4 Å². The first-order chi connectivity index (χ1) is 15.2. The number of ether oxygens (including phenoxy) is 2. The van der Waals surface area contributed by atoms with Gasteiger partial charge >= 0.3 is 0 Å². The molecule has 182 valence electrons. The number of rotatable bonds is 2. The summed E-state index contributed by atoms with van der Waals surface area (Å²) in [5.41, 5.74) is -6.53. The summed E-state index contributed by atoms with van der Waals surface area (Å²) in [6, 6.07) is 0. The van der Waals surface area contributed by atoms with Gasteiger partial charge in [0.25, 0.3) is 0 Å². The fourth-order valence-corrected chi connectivity index (χ4v) is 8.57. The monoisotopic (exact) mass is 504 g/mol. The number of alkyl halides is 3. The maximum absolute atomic E-state index is 17.3. The number of aliphatic hydroxyl groups is 1. The molecule has 5 rings (SSSR count). The van der Waals surface area contributed by atoms with Gasteiger partial charge in [0.15, 0.2) is 28.6 Å². The van der Waals surface area contributed by atoms with Gasteiger partial charge in [0.2, 0.25) is 0 Å². The summed E-state index contributed by atoms with van der Waals surface area (Å²) in [4.78, 5) is 25.4. The molecule has 9 atom stereocenters. The zero-order chi connectivity index (χ0) is 24.4. The van der Waals surface area contributed by atoms with Crippen molar-refractivity contribution in [3.63, 3.8) is 0 Å². The van der Waals surface area contributed by atoms with Crippen LogP contribution in [0, 0.1) is 22.7 Å². The zero-order valence-electron chi connectivity index (χ0n) is 19.0. The molecule has 0 aromatic rings. The molecule has 0 bridgehead atoms. The highest BCUT2D eigenvalue weighted by molar-refractivity contribution is 6.45. The Morgan fingerprint density at radius 2 is 1.91 bits per heavy atom. The maximum Gasteiger partial charge on any atom is 0.196 e. The highest BCUT2D eigenvalue weighted by atomic mass is 35.5. The van der Waals surface area contributed by atoms with E-state index in [9.17, 15) is 14.7 Å². The average Bonchev–Trinajstić information content (AvgIpc) is 3.13. The van der Waals surface area contributed by atoms with E-state index < -0.39 is 63.9 Å². The van der Waals surface area contributed by atoms with Crippen LogP contribution in [0.2, 0.25) is 0 Å². The van der Waals surface area contributed by atoms with Crippen molar-refractivity contribution in [2.24, 2.45) is 22.7 Å². The largest absolute Gasteiger partial charge is 0.390 e. The number of aliphatic hydroxyl groups excluding tert-OH is 1. The van der Waals surface area contributed by atoms with Gasteiger partial charge in [0.1, 0.15) is 6.17 Å². The van der Waals surface area contributed by atoms with E-state index in [1.165, 1.54) is 13.0 Å². The van der Waals surface area contributed by atoms with Gasteiger partial charge < -0.3 is 14.6 Å². The van der Waals surface area contributed by atoms with Crippen LogP contribution in [0.15, 0.2) is 22.8 Å². The molecule has 0 radical (unpaired) electrons. The highest BCUT2D eigenvalue weighted by Gasteiger charge is 2.80. The second-order valence-electron chi connectivity index (χ2n) is 11.1. The third-order valence-corrected chi connectivity index (χ3v) is 9.87. The van der Waals surface area contributed by atoms with Crippen molar-refractivity contribution in [2.75, 3.05) is 5.88 Å². The molecule has 33 heavy (non-hydrogen) atoms. The van der Waals surface area contributed by atoms with Crippen LogP contribution in [0.4, 0.5) is 8.78 Å². The molecule has 1 saturated heterocycles. The van der Waals surface area contributed by atoms with Crippen molar-refractivity contribution in [1.29, 1.82) is 0 Å². The second kappa shape index (κ2) is 6.88. The summed E-state index contributed by atoms with van der Waals surface area (Å²) in [6.45, 7) is 6.69. The molecule has 1 N–H and O–H groups in total. The van der Waals surface area contributed by atoms with Crippen LogP contribution in [-0.2, 0) is 19.1 Å². The van der Waals surface area contributed by atoms with Crippen LogP contribution in [0.25, 0.3) is 0 Å². The molecule has 0 spiro atoms. The van der Waals surface area contributed by atoms with Gasteiger partial charge in [-0.25, -0.2) is 8.78 Å². The normalized spacial score (nSPS) is 52.3. The number of ketones is 2. The minimum atomic E-state index is -2.30. The summed E-state index contributed by atoms with van der Waals surface area (Å²) in [5.74, 6) is -3.83. The molecule has 1 heterocycles. The topological polar surface area (TPSA) is 72.8 Å². The Morgan fingerprint density at radius 3 is 2.55 bits per heavy atom. The highest BCUT2D eigenvalue weighted by Crippen LogP contribution is 2.72. The summed E-state index contributed by atoms with van der Waals surface area (Å²) < 4.78 is 45.3. The molecule has 1 aliphatic heterocycles. The Balaban J connectivity index is 1.67. The van der Waals surface area contributed by atoms with Crippen molar-refractivity contribution in [3.8, 4) is 0 Å². The molecule has 0 aromatic heterocycles. The van der Waals surface area contributed by atoms with Gasteiger partial charge in [-0.05, 0) is 57.6 Å². The predicted molar refractivity (Wildman–Crippen MR) is 117 cm³/mol. The van der Waals surface area contributed by atoms with Gasteiger partial charge in [0, 0.05) is 16.7 Å². The van der Waals surface area contributed by atoms with Crippen molar-refractivity contribution in [3.05, 3.63) is 22.8 Å². The summed E-state index contributed by atoms with van der Waals surface area (Å²) in [5, 5.41) is 11.1. The Hall–Kier alpha value is -0.860. The smallest absolute Gasteiger partial charge is 0.196 e. The van der Waals surface area contributed by atoms with Gasteiger partial charge in [-0.1, -0.05) is 24.6 Å². The summed E-state index contributed by atoms with van der Waals surface area (Å²) >= 11 is 12.2. The Morgan fingerprint density at radius 1 is 1.24 bits per heavy atom. The quantitative estimate of drug-likeness (QED) is 0.571. The molecule has 4 aliphatic carbocycles. The van der Waals surface area contributed by atoms with E-state index in [1.54, 1.807) is 20.8 Å². The summed E-state index contributed by atoms with van der Waals surface area (Å²) in [7, 11) is 0. The van der Waals surface area contributed by atoms with E-state index in [0.717, 1.165) is 6.08 Å². The lowest BCUT2D eigenvalue weighted by atomic mass is 9.44. The van der Waals surface area contributed by atoms with Crippen LogP contribution >= 0.6 is 23.2 Å². The maximum atomic E-state index is 17.3. The van der Waals surface area contributed by atoms with Gasteiger partial charge in [-0.15, -0.1) is 11.6 Å². The minimum absolute atomic E-state index is 0.109. The van der Waals surface area contributed by atoms with Crippen LogP contribution in [-0.4, -0.2) is 58.0 Å². The average molecular weight is 505 g/mol. The van der Waals surface area contributed by atoms with E-state index in [1.807, 2.05) is 0 Å². The lowest BCUT2D eigenvalue weighted by molar-refractivity contribution is -0.247. The molecule has 9 heteroatoms. The van der Waals surface area contributed by atoms with Crippen molar-refractivity contribution >= 4 is 34.8 Å². The molecule has 3 saturated carbocycles. The minimum Gasteiger partial charge on any atom is -0.390 e. The molecule has 5 aliphatic rings. The fourth-order valence-electron chi connectivity index (χ4n) is 7.99.